The topological polar surface area (TPSA) is 44.7 Å². The summed E-state index contributed by atoms with van der Waals surface area (Å²) in [4.78, 5) is 0. The van der Waals surface area contributed by atoms with E-state index < -0.39 is 18.3 Å². The number of hydrogen-bond acceptors (Lipinski definition) is 4. The van der Waals surface area contributed by atoms with Gasteiger partial charge in [-0.25, -0.2) is 0 Å². The van der Waals surface area contributed by atoms with Crippen molar-refractivity contribution in [3.05, 3.63) is 91.0 Å². The predicted octanol–water partition coefficient (Wildman–Crippen LogP) is 8.60. The molecule has 7 aromatic rings. The smallest absolute Gasteiger partial charge is 0.456 e. The highest BCUT2D eigenvalue weighted by atomic mass is 16.7. The molecule has 0 radical (unpaired) electrons. The van der Waals surface area contributed by atoms with Gasteiger partial charge >= 0.3 is 7.12 Å². The van der Waals surface area contributed by atoms with Gasteiger partial charge in [0.1, 0.15) is 22.3 Å². The molecule has 0 saturated carbocycles. The Kier molecular flexibility index (Phi) is 4.55. The molecular formula is C34H27BO4. The van der Waals surface area contributed by atoms with Crippen LogP contribution in [0.15, 0.2) is 99.8 Å². The Bertz CT molecular complexity index is 2080. The summed E-state index contributed by atoms with van der Waals surface area (Å²) in [5.74, 6) is 0. The number of benzene rings is 5. The van der Waals surface area contributed by atoms with Crippen molar-refractivity contribution >= 4 is 67.2 Å². The van der Waals surface area contributed by atoms with Gasteiger partial charge < -0.3 is 18.1 Å². The van der Waals surface area contributed by atoms with E-state index in [1.165, 1.54) is 0 Å². The standard InChI is InChI=1S/C34H27BO4/c1-33(2)34(3,4)39-35(38-33)28-17-10-16-24-23-14-9-15-25(30(23)37-32(24)28)26-19-27-21-12-7-8-18-29(21)36-31(27)22-13-6-5-11-20(22)26/h5-19H,1-4H3. The Hall–Kier alpha value is -4.06. The Labute approximate surface area is 226 Å². The lowest BCUT2D eigenvalue weighted by Gasteiger charge is -2.32. The lowest BCUT2D eigenvalue weighted by Crippen LogP contribution is -2.41. The van der Waals surface area contributed by atoms with Crippen LogP contribution in [0, 0.1) is 0 Å². The van der Waals surface area contributed by atoms with Crippen LogP contribution < -0.4 is 5.46 Å². The summed E-state index contributed by atoms with van der Waals surface area (Å²) in [5.41, 5.74) is 5.68. The highest BCUT2D eigenvalue weighted by Gasteiger charge is 2.52. The Balaban J connectivity index is 1.41. The van der Waals surface area contributed by atoms with E-state index >= 15 is 0 Å². The maximum Gasteiger partial charge on any atom is 0.498 e. The molecule has 39 heavy (non-hydrogen) atoms. The van der Waals surface area contributed by atoms with Gasteiger partial charge in [0.15, 0.2) is 0 Å². The van der Waals surface area contributed by atoms with E-state index in [4.69, 9.17) is 18.1 Å². The summed E-state index contributed by atoms with van der Waals surface area (Å²) in [6.45, 7) is 8.30. The molecule has 190 valence electrons. The molecule has 1 aliphatic heterocycles. The normalized spacial score (nSPS) is 16.9. The van der Waals surface area contributed by atoms with Gasteiger partial charge in [-0.3, -0.25) is 0 Å². The first-order valence-electron chi connectivity index (χ1n) is 13.5. The number of para-hydroxylation sites is 3. The first-order valence-corrected chi connectivity index (χ1v) is 13.5. The van der Waals surface area contributed by atoms with Crippen LogP contribution in [0.2, 0.25) is 0 Å². The van der Waals surface area contributed by atoms with Crippen molar-refractivity contribution in [1.82, 2.24) is 0 Å². The van der Waals surface area contributed by atoms with Gasteiger partial charge in [0.05, 0.1) is 11.2 Å². The zero-order valence-corrected chi connectivity index (χ0v) is 22.4. The summed E-state index contributed by atoms with van der Waals surface area (Å²) >= 11 is 0. The fourth-order valence-electron chi connectivity index (χ4n) is 5.98. The van der Waals surface area contributed by atoms with Crippen LogP contribution in [0.25, 0.3) is 65.8 Å². The van der Waals surface area contributed by atoms with Crippen LogP contribution >= 0.6 is 0 Å². The van der Waals surface area contributed by atoms with E-state index in [0.717, 1.165) is 71.2 Å². The zero-order valence-electron chi connectivity index (χ0n) is 22.4. The van der Waals surface area contributed by atoms with Gasteiger partial charge in [0.25, 0.3) is 0 Å². The molecule has 3 heterocycles. The minimum atomic E-state index is -0.503. The average molecular weight is 510 g/mol. The molecule has 5 aromatic carbocycles. The molecule has 1 aliphatic rings. The molecule has 0 amide bonds. The molecule has 1 saturated heterocycles. The molecule has 0 N–H and O–H groups in total. The van der Waals surface area contributed by atoms with Crippen LogP contribution in [0.5, 0.6) is 0 Å². The minimum Gasteiger partial charge on any atom is -0.456 e. The van der Waals surface area contributed by atoms with Crippen LogP contribution in [0.3, 0.4) is 0 Å². The third-order valence-corrected chi connectivity index (χ3v) is 8.74. The molecule has 0 bridgehead atoms. The van der Waals surface area contributed by atoms with Gasteiger partial charge in [0, 0.05) is 38.0 Å². The second-order valence-corrected chi connectivity index (χ2v) is 11.5. The summed E-state index contributed by atoms with van der Waals surface area (Å²) in [5, 5.41) is 6.56. The lowest BCUT2D eigenvalue weighted by molar-refractivity contribution is 0.00578. The van der Waals surface area contributed by atoms with Crippen LogP contribution in [0.1, 0.15) is 27.7 Å². The molecule has 5 heteroatoms. The van der Waals surface area contributed by atoms with Crippen molar-refractivity contribution in [2.75, 3.05) is 0 Å². The molecule has 0 atom stereocenters. The SMILES string of the molecule is CC1(C)OB(c2cccc3c2oc2c(-c4cc5c6ccccc6oc5c5ccccc45)cccc23)OC1(C)C. The second kappa shape index (κ2) is 7.75. The van der Waals surface area contributed by atoms with Gasteiger partial charge in [-0.2, -0.15) is 0 Å². The van der Waals surface area contributed by atoms with E-state index in [0.29, 0.717) is 0 Å². The second-order valence-electron chi connectivity index (χ2n) is 11.5. The van der Waals surface area contributed by atoms with E-state index in [2.05, 4.69) is 100 Å². The maximum atomic E-state index is 6.76. The number of furan rings is 2. The van der Waals surface area contributed by atoms with Crippen molar-refractivity contribution in [2.24, 2.45) is 0 Å². The van der Waals surface area contributed by atoms with Crippen LogP contribution in [-0.2, 0) is 9.31 Å². The van der Waals surface area contributed by atoms with Gasteiger partial charge in [-0.15, -0.1) is 0 Å². The molecule has 4 nitrogen and oxygen atoms in total. The number of rotatable bonds is 2. The molecular weight excluding hydrogens is 483 g/mol. The van der Waals surface area contributed by atoms with E-state index in [1.807, 2.05) is 18.2 Å². The third kappa shape index (κ3) is 3.15. The van der Waals surface area contributed by atoms with Gasteiger partial charge in [-0.1, -0.05) is 78.9 Å². The summed E-state index contributed by atoms with van der Waals surface area (Å²) in [6.07, 6.45) is 0. The monoisotopic (exact) mass is 510 g/mol. The largest absolute Gasteiger partial charge is 0.498 e. The van der Waals surface area contributed by atoms with Gasteiger partial charge in [-0.05, 0) is 50.8 Å². The molecule has 0 aliphatic carbocycles. The number of hydrogen-bond donors (Lipinski definition) is 0. The van der Waals surface area contributed by atoms with Gasteiger partial charge in [0.2, 0.25) is 0 Å². The van der Waals surface area contributed by atoms with Crippen molar-refractivity contribution in [3.63, 3.8) is 0 Å². The quantitative estimate of drug-likeness (QED) is 0.219. The molecule has 2 aromatic heterocycles. The van der Waals surface area contributed by atoms with Crippen molar-refractivity contribution in [3.8, 4) is 11.1 Å². The zero-order chi connectivity index (χ0) is 26.5. The van der Waals surface area contributed by atoms with Crippen LogP contribution in [0.4, 0.5) is 0 Å². The van der Waals surface area contributed by atoms with Crippen molar-refractivity contribution < 1.29 is 18.1 Å². The summed E-state index contributed by atoms with van der Waals surface area (Å²) in [6, 6.07) is 31.5. The number of fused-ring (bicyclic) bond motifs is 8. The average Bonchev–Trinajstić information content (AvgIpc) is 3.57. The Morgan fingerprint density at radius 2 is 1.08 bits per heavy atom. The van der Waals surface area contributed by atoms with E-state index in [1.54, 1.807) is 0 Å². The van der Waals surface area contributed by atoms with E-state index in [-0.39, 0.29) is 0 Å². The highest BCUT2D eigenvalue weighted by molar-refractivity contribution is 6.65. The first kappa shape index (κ1) is 22.9. The summed E-state index contributed by atoms with van der Waals surface area (Å²) < 4.78 is 25.9. The fraction of sp³-hybridized carbons (Fsp3) is 0.176. The van der Waals surface area contributed by atoms with E-state index in [9.17, 15) is 0 Å². The molecule has 8 rings (SSSR count). The summed E-state index contributed by atoms with van der Waals surface area (Å²) in [7, 11) is -0.503. The van der Waals surface area contributed by atoms with Crippen molar-refractivity contribution in [2.45, 2.75) is 38.9 Å². The Morgan fingerprint density at radius 1 is 0.487 bits per heavy atom. The third-order valence-electron chi connectivity index (χ3n) is 8.74. The first-order chi connectivity index (χ1) is 18.8. The lowest BCUT2D eigenvalue weighted by atomic mass is 9.78. The molecule has 0 unspecified atom stereocenters. The van der Waals surface area contributed by atoms with Crippen molar-refractivity contribution in [1.29, 1.82) is 0 Å². The minimum absolute atomic E-state index is 0.432. The molecule has 1 fully saturated rings. The predicted molar refractivity (Wildman–Crippen MR) is 160 cm³/mol. The molecule has 0 spiro atoms. The Morgan fingerprint density at radius 3 is 1.85 bits per heavy atom. The maximum absolute atomic E-state index is 6.76. The highest BCUT2D eigenvalue weighted by Crippen LogP contribution is 2.43. The van der Waals surface area contributed by atoms with Crippen LogP contribution in [-0.4, -0.2) is 18.3 Å². The fourth-order valence-corrected chi connectivity index (χ4v) is 5.98.